The van der Waals surface area contributed by atoms with Gasteiger partial charge in [0.25, 0.3) is 5.91 Å². The van der Waals surface area contributed by atoms with Gasteiger partial charge in [-0.15, -0.1) is 0 Å². The van der Waals surface area contributed by atoms with Crippen LogP contribution in [0, 0.1) is 13.8 Å². The average molecular weight is 281 g/mol. The van der Waals surface area contributed by atoms with Crippen LogP contribution in [-0.4, -0.2) is 35.0 Å². The summed E-state index contributed by atoms with van der Waals surface area (Å²) >= 11 is 1.56. The number of carboxylic acids is 1. The van der Waals surface area contributed by atoms with Crippen LogP contribution < -0.4 is 5.32 Å². The Kier molecular flexibility index (Phi) is 5.89. The van der Waals surface area contributed by atoms with Gasteiger partial charge in [-0.2, -0.15) is 11.8 Å². The number of aryl methyl sites for hydroxylation is 2. The lowest BCUT2D eigenvalue weighted by molar-refractivity contribution is -0.139. The second kappa shape index (κ2) is 7.19. The molecule has 1 aromatic carbocycles. The number of amides is 1. The monoisotopic (exact) mass is 281 g/mol. The summed E-state index contributed by atoms with van der Waals surface area (Å²) in [5, 5.41) is 11.7. The lowest BCUT2D eigenvalue weighted by Gasteiger charge is -2.14. The Morgan fingerprint density at radius 3 is 2.32 bits per heavy atom. The van der Waals surface area contributed by atoms with Gasteiger partial charge in [-0.25, -0.2) is 4.79 Å². The van der Waals surface area contributed by atoms with Crippen LogP contribution in [0.4, 0.5) is 0 Å². The molecule has 19 heavy (non-hydrogen) atoms. The first-order valence-electron chi connectivity index (χ1n) is 6.05. The highest BCUT2D eigenvalue weighted by Crippen LogP contribution is 2.10. The fraction of sp³-hybridized carbons (Fsp3) is 0.429. The van der Waals surface area contributed by atoms with Gasteiger partial charge in [0.15, 0.2) is 0 Å². The van der Waals surface area contributed by atoms with Crippen molar-refractivity contribution in [3.05, 3.63) is 34.9 Å². The summed E-state index contributed by atoms with van der Waals surface area (Å²) in [5.41, 5.74) is 2.48. The molecule has 0 radical (unpaired) electrons. The molecule has 0 spiro atoms. The van der Waals surface area contributed by atoms with E-state index in [9.17, 15) is 9.59 Å². The summed E-state index contributed by atoms with van der Waals surface area (Å²) in [6, 6.07) is 4.66. The number of carboxylic acid groups (broad SMARTS) is 1. The van der Waals surface area contributed by atoms with Gasteiger partial charge in [-0.05, 0) is 44.4 Å². The predicted molar refractivity (Wildman–Crippen MR) is 77.8 cm³/mol. The van der Waals surface area contributed by atoms with E-state index in [-0.39, 0.29) is 5.91 Å². The van der Waals surface area contributed by atoms with Gasteiger partial charge < -0.3 is 10.4 Å². The van der Waals surface area contributed by atoms with Gasteiger partial charge in [0.1, 0.15) is 6.04 Å². The molecule has 1 rings (SSSR count). The van der Waals surface area contributed by atoms with Crippen molar-refractivity contribution in [1.29, 1.82) is 0 Å². The van der Waals surface area contributed by atoms with Crippen molar-refractivity contribution in [1.82, 2.24) is 5.32 Å². The van der Waals surface area contributed by atoms with Crippen molar-refractivity contribution < 1.29 is 14.7 Å². The van der Waals surface area contributed by atoms with Crippen LogP contribution in [0.5, 0.6) is 0 Å². The van der Waals surface area contributed by atoms with E-state index in [0.29, 0.717) is 17.7 Å². The van der Waals surface area contributed by atoms with Crippen molar-refractivity contribution in [2.45, 2.75) is 26.3 Å². The highest BCUT2D eigenvalue weighted by molar-refractivity contribution is 7.98. The predicted octanol–water partition coefficient (Wildman–Crippen LogP) is 2.24. The first-order valence-corrected chi connectivity index (χ1v) is 7.44. The van der Waals surface area contributed by atoms with Crippen molar-refractivity contribution in [3.8, 4) is 0 Å². The summed E-state index contributed by atoms with van der Waals surface area (Å²) in [6.07, 6.45) is 2.33. The molecule has 104 valence electrons. The number of thioether (sulfide) groups is 1. The summed E-state index contributed by atoms with van der Waals surface area (Å²) < 4.78 is 0. The molecule has 0 aliphatic heterocycles. The molecule has 1 amide bonds. The summed E-state index contributed by atoms with van der Waals surface area (Å²) in [4.78, 5) is 23.1. The Balaban J connectivity index is 2.78. The van der Waals surface area contributed by atoms with Crippen molar-refractivity contribution in [2.75, 3.05) is 12.0 Å². The molecule has 4 nitrogen and oxygen atoms in total. The van der Waals surface area contributed by atoms with E-state index in [1.54, 1.807) is 23.9 Å². The van der Waals surface area contributed by atoms with Crippen molar-refractivity contribution in [3.63, 3.8) is 0 Å². The maximum absolute atomic E-state index is 12.0. The molecular weight excluding hydrogens is 262 g/mol. The fourth-order valence-corrected chi connectivity index (χ4v) is 2.31. The molecule has 0 aliphatic rings. The van der Waals surface area contributed by atoms with E-state index in [0.717, 1.165) is 11.1 Å². The molecule has 1 atom stereocenters. The van der Waals surface area contributed by atoms with Gasteiger partial charge in [0, 0.05) is 5.56 Å². The minimum absolute atomic E-state index is 0.333. The molecule has 0 bridgehead atoms. The molecule has 1 aromatic rings. The third-order valence-corrected chi connectivity index (χ3v) is 3.34. The minimum Gasteiger partial charge on any atom is -0.480 e. The van der Waals surface area contributed by atoms with Gasteiger partial charge >= 0.3 is 5.97 Å². The van der Waals surface area contributed by atoms with Gasteiger partial charge in [-0.1, -0.05) is 17.2 Å². The minimum atomic E-state index is -0.994. The first-order chi connectivity index (χ1) is 8.93. The van der Waals surface area contributed by atoms with E-state index < -0.39 is 12.0 Å². The quantitative estimate of drug-likeness (QED) is 0.839. The Bertz CT molecular complexity index is 454. The summed E-state index contributed by atoms with van der Waals surface area (Å²) in [6.45, 7) is 3.82. The normalized spacial score (nSPS) is 11.9. The van der Waals surface area contributed by atoms with Crippen LogP contribution in [-0.2, 0) is 4.79 Å². The second-order valence-electron chi connectivity index (χ2n) is 4.52. The SMILES string of the molecule is CSCCC(NC(=O)c1cc(C)cc(C)c1)C(=O)O. The zero-order valence-electron chi connectivity index (χ0n) is 11.4. The molecule has 0 heterocycles. The molecule has 0 saturated carbocycles. The highest BCUT2D eigenvalue weighted by atomic mass is 32.2. The van der Waals surface area contributed by atoms with Crippen molar-refractivity contribution in [2.24, 2.45) is 0 Å². The molecule has 2 N–H and O–H groups in total. The van der Waals surface area contributed by atoms with Crippen LogP contribution in [0.2, 0.25) is 0 Å². The third kappa shape index (κ3) is 4.95. The number of hydrogen-bond donors (Lipinski definition) is 2. The number of rotatable bonds is 6. The molecule has 1 unspecified atom stereocenters. The standard InChI is InChI=1S/C14H19NO3S/c1-9-6-10(2)8-11(7-9)13(16)15-12(14(17)18)4-5-19-3/h6-8,12H,4-5H2,1-3H3,(H,15,16)(H,17,18). The molecule has 0 saturated heterocycles. The Labute approximate surface area is 117 Å². The molecule has 0 fully saturated rings. The summed E-state index contributed by atoms with van der Waals surface area (Å²) in [5.74, 6) is -0.628. The molecular formula is C14H19NO3S. The number of carbonyl (C=O) groups excluding carboxylic acids is 1. The Morgan fingerprint density at radius 2 is 1.84 bits per heavy atom. The largest absolute Gasteiger partial charge is 0.480 e. The van der Waals surface area contributed by atoms with Crippen LogP contribution in [0.1, 0.15) is 27.9 Å². The van der Waals surface area contributed by atoms with E-state index >= 15 is 0 Å². The van der Waals surface area contributed by atoms with Gasteiger partial charge in [0.05, 0.1) is 0 Å². The van der Waals surface area contributed by atoms with Crippen LogP contribution in [0.3, 0.4) is 0 Å². The lowest BCUT2D eigenvalue weighted by Crippen LogP contribution is -2.41. The second-order valence-corrected chi connectivity index (χ2v) is 5.51. The van der Waals surface area contributed by atoms with Crippen molar-refractivity contribution >= 4 is 23.6 Å². The topological polar surface area (TPSA) is 66.4 Å². The molecule has 5 heteroatoms. The zero-order chi connectivity index (χ0) is 14.4. The Hall–Kier alpha value is -1.49. The Morgan fingerprint density at radius 1 is 1.26 bits per heavy atom. The van der Waals surface area contributed by atoms with Gasteiger partial charge in [-0.3, -0.25) is 4.79 Å². The molecule has 0 aromatic heterocycles. The number of hydrogen-bond acceptors (Lipinski definition) is 3. The zero-order valence-corrected chi connectivity index (χ0v) is 12.2. The van der Waals surface area contributed by atoms with Crippen LogP contribution >= 0.6 is 11.8 Å². The van der Waals surface area contributed by atoms with Gasteiger partial charge in [0.2, 0.25) is 0 Å². The molecule has 0 aliphatic carbocycles. The fourth-order valence-electron chi connectivity index (χ4n) is 1.84. The number of nitrogens with one attached hydrogen (secondary N) is 1. The van der Waals surface area contributed by atoms with E-state index in [2.05, 4.69) is 5.32 Å². The van der Waals surface area contributed by atoms with E-state index in [4.69, 9.17) is 5.11 Å². The smallest absolute Gasteiger partial charge is 0.326 e. The number of benzene rings is 1. The number of aliphatic carboxylic acids is 1. The lowest BCUT2D eigenvalue weighted by atomic mass is 10.1. The summed E-state index contributed by atoms with van der Waals surface area (Å²) in [7, 11) is 0. The van der Waals surface area contributed by atoms with Crippen LogP contribution in [0.25, 0.3) is 0 Å². The highest BCUT2D eigenvalue weighted by Gasteiger charge is 2.20. The van der Waals surface area contributed by atoms with E-state index in [1.807, 2.05) is 26.2 Å². The average Bonchev–Trinajstić information content (AvgIpc) is 2.32. The maximum atomic E-state index is 12.0. The van der Waals surface area contributed by atoms with E-state index in [1.165, 1.54) is 0 Å². The maximum Gasteiger partial charge on any atom is 0.326 e. The first kappa shape index (κ1) is 15.6. The number of carbonyl (C=O) groups is 2. The third-order valence-electron chi connectivity index (χ3n) is 2.70. The van der Waals surface area contributed by atoms with Crippen LogP contribution in [0.15, 0.2) is 18.2 Å².